The van der Waals surface area contributed by atoms with E-state index in [2.05, 4.69) is 16.9 Å². The molecular formula is C26H47N5O7. The van der Waals surface area contributed by atoms with Gasteiger partial charge in [-0.25, -0.2) is 19.1 Å². The number of aliphatic hydroxyl groups excluding tert-OH is 1. The molecule has 2 rings (SSSR count). The number of carbonyl (C=O) groups excluding carboxylic acids is 2. The highest BCUT2D eigenvalue weighted by Gasteiger charge is 2.34. The van der Waals surface area contributed by atoms with Gasteiger partial charge in [0, 0.05) is 38.8 Å². The highest BCUT2D eigenvalue weighted by atomic mass is 16.6. The average molecular weight is 542 g/mol. The minimum Gasteiger partial charge on any atom is -0.447 e. The smallest absolute Gasteiger partial charge is 0.409 e. The molecule has 1 fully saturated rings. The van der Waals surface area contributed by atoms with Gasteiger partial charge in [0.25, 0.3) is 0 Å². The van der Waals surface area contributed by atoms with Crippen LogP contribution in [0.1, 0.15) is 77.0 Å². The zero-order valence-electron chi connectivity index (χ0n) is 24.0. The van der Waals surface area contributed by atoms with Crippen molar-refractivity contribution in [1.29, 1.82) is 0 Å². The number of aliphatic imine (C=N–C) groups is 1. The predicted molar refractivity (Wildman–Crippen MR) is 148 cm³/mol. The van der Waals surface area contributed by atoms with Crippen molar-refractivity contribution >= 4 is 23.4 Å². The minimum atomic E-state index is -0.750. The number of amides is 1. The number of ketones is 1. The summed E-state index contributed by atoms with van der Waals surface area (Å²) in [6, 6.07) is 0. The molecule has 0 aromatic carbocycles. The van der Waals surface area contributed by atoms with Crippen molar-refractivity contribution in [2.24, 2.45) is 4.99 Å². The van der Waals surface area contributed by atoms with Crippen LogP contribution in [0.3, 0.4) is 0 Å². The zero-order chi connectivity index (χ0) is 29.3. The lowest BCUT2D eigenvalue weighted by atomic mass is 10.1. The number of allylic oxidation sites excluding steroid dienone is 1. The first kappa shape index (κ1) is 35.2. The Bertz CT molecular complexity index is 951. The molecule has 0 bridgehead atoms. The molecule has 38 heavy (non-hydrogen) atoms. The lowest BCUT2D eigenvalue weighted by Crippen LogP contribution is -2.34. The van der Waals surface area contributed by atoms with Gasteiger partial charge in [-0.3, -0.25) is 9.36 Å². The van der Waals surface area contributed by atoms with Crippen LogP contribution >= 0.6 is 0 Å². The van der Waals surface area contributed by atoms with Crippen LogP contribution in [0.15, 0.2) is 22.4 Å². The van der Waals surface area contributed by atoms with Crippen molar-refractivity contribution in [3.05, 3.63) is 28.8 Å². The maximum absolute atomic E-state index is 13.3. The first-order valence-electron chi connectivity index (χ1n) is 13.1. The van der Waals surface area contributed by atoms with Gasteiger partial charge in [0.1, 0.15) is 25.3 Å². The highest BCUT2D eigenvalue weighted by molar-refractivity contribution is 5.99. The number of aliphatic hydroxyl groups is 2. The molecule has 2 atom stereocenters. The Hall–Kier alpha value is -2.80. The molecule has 0 saturated carbocycles. The third-order valence-electron chi connectivity index (χ3n) is 5.30. The first-order chi connectivity index (χ1) is 18.2. The second-order valence-electron chi connectivity index (χ2n) is 8.49. The lowest BCUT2D eigenvalue weighted by molar-refractivity contribution is -0.0305. The van der Waals surface area contributed by atoms with E-state index in [-0.39, 0.29) is 36.4 Å². The van der Waals surface area contributed by atoms with Crippen LogP contribution in [0.25, 0.3) is 0 Å². The van der Waals surface area contributed by atoms with Crippen LogP contribution in [-0.4, -0.2) is 88.5 Å². The Kier molecular flexibility index (Phi) is 17.9. The summed E-state index contributed by atoms with van der Waals surface area (Å²) >= 11 is 0. The predicted octanol–water partition coefficient (Wildman–Crippen LogP) is 2.85. The monoisotopic (exact) mass is 541 g/mol. The topological polar surface area (TPSA) is 148 Å². The molecule has 1 aliphatic rings. The van der Waals surface area contributed by atoms with Crippen LogP contribution in [0.4, 0.5) is 10.6 Å². The van der Waals surface area contributed by atoms with E-state index in [1.54, 1.807) is 13.1 Å². The van der Waals surface area contributed by atoms with Crippen molar-refractivity contribution in [1.82, 2.24) is 19.4 Å². The number of Topliss-reactive ketones (excluding diaryl/α,β-unsaturated/α-hetero) is 1. The first-order valence-corrected chi connectivity index (χ1v) is 13.1. The fourth-order valence-electron chi connectivity index (χ4n) is 3.69. The Morgan fingerprint density at radius 2 is 1.92 bits per heavy atom. The van der Waals surface area contributed by atoms with Crippen molar-refractivity contribution in [3.8, 4) is 0 Å². The molecule has 0 aliphatic carbocycles. The van der Waals surface area contributed by atoms with E-state index >= 15 is 0 Å². The number of nitrogens with one attached hydrogen (secondary N) is 1. The summed E-state index contributed by atoms with van der Waals surface area (Å²) in [6.45, 7) is 14.0. The molecule has 1 amide bonds. The Balaban J connectivity index is 0.00000255. The minimum absolute atomic E-state index is 0.0916. The van der Waals surface area contributed by atoms with E-state index in [4.69, 9.17) is 19.7 Å². The molecule has 2 unspecified atom stereocenters. The number of nitrogens with zero attached hydrogens (tertiary/aromatic N) is 4. The quantitative estimate of drug-likeness (QED) is 0.158. The van der Waals surface area contributed by atoms with E-state index in [1.165, 1.54) is 14.0 Å². The van der Waals surface area contributed by atoms with Crippen LogP contribution in [-0.2, 0) is 16.0 Å². The fraction of sp³-hybridized carbons (Fsp3) is 0.692. The van der Waals surface area contributed by atoms with Crippen LogP contribution in [0, 0.1) is 0 Å². The summed E-state index contributed by atoms with van der Waals surface area (Å²) < 4.78 is 14.3. The molecule has 1 aromatic rings. The van der Waals surface area contributed by atoms with Gasteiger partial charge in [-0.1, -0.05) is 26.8 Å². The Morgan fingerprint density at radius 3 is 2.45 bits per heavy atom. The maximum atomic E-state index is 13.3. The molecule has 1 saturated heterocycles. The van der Waals surface area contributed by atoms with Gasteiger partial charge in [0.2, 0.25) is 0 Å². The Labute approximate surface area is 225 Å². The molecule has 0 radical (unpaired) electrons. The molecule has 12 heteroatoms. The van der Waals surface area contributed by atoms with Gasteiger partial charge in [0.05, 0.1) is 6.10 Å². The number of aromatic nitrogens is 2. The summed E-state index contributed by atoms with van der Waals surface area (Å²) in [5, 5.41) is 17.2. The maximum Gasteiger partial charge on any atom is 0.409 e. The molecule has 12 nitrogen and oxygen atoms in total. The molecular weight excluding hydrogens is 494 g/mol. The van der Waals surface area contributed by atoms with E-state index in [0.29, 0.717) is 44.6 Å². The van der Waals surface area contributed by atoms with Gasteiger partial charge in [-0.2, -0.15) is 0 Å². The standard InChI is InChI=1S/C23H37N5O5.C2H6.CH4O2/c1-7-9-18(29)20-21(25-16(3)4)28(22(30)27(20)13-8-2)19-11-10-17(33-19)15-32-23(31)26(6)14-12-24-5;1-2;2-1-3/h8,17,19,24H,2,7,9-15H2,1,3-6H3;1-2H3;2-3H,1H2. The second-order valence-corrected chi connectivity index (χ2v) is 8.49. The summed E-state index contributed by atoms with van der Waals surface area (Å²) in [5.41, 5.74) is 0.648. The van der Waals surface area contributed by atoms with Crippen molar-refractivity contribution in [2.45, 2.75) is 79.2 Å². The summed E-state index contributed by atoms with van der Waals surface area (Å²) in [5.74, 6) is 0.179. The van der Waals surface area contributed by atoms with Gasteiger partial charge >= 0.3 is 11.8 Å². The largest absolute Gasteiger partial charge is 0.447 e. The normalized spacial score (nSPS) is 15.9. The van der Waals surface area contributed by atoms with E-state index in [0.717, 1.165) is 5.71 Å². The van der Waals surface area contributed by atoms with E-state index in [9.17, 15) is 14.4 Å². The van der Waals surface area contributed by atoms with Gasteiger partial charge in [0.15, 0.2) is 11.6 Å². The van der Waals surface area contributed by atoms with Gasteiger partial charge < -0.3 is 29.9 Å². The van der Waals surface area contributed by atoms with Crippen LogP contribution < -0.4 is 11.0 Å². The SMILES string of the molecule is C=CCn1c(C(=O)CCC)c(N=C(C)C)n(C2CCC(COC(=O)N(C)CCNC)O2)c1=O.CC.OCO. The number of likely N-dealkylation sites (N-methyl/N-ethyl adjacent to an activating group) is 2. The molecule has 218 valence electrons. The van der Waals surface area contributed by atoms with Crippen LogP contribution in [0.2, 0.25) is 0 Å². The number of carbonyl (C=O) groups is 2. The second kappa shape index (κ2) is 19.3. The molecule has 0 spiro atoms. The molecule has 3 N–H and O–H groups in total. The van der Waals surface area contributed by atoms with E-state index < -0.39 is 19.1 Å². The average Bonchev–Trinajstić information content (AvgIpc) is 3.45. The highest BCUT2D eigenvalue weighted by Crippen LogP contribution is 2.33. The molecule has 2 heterocycles. The van der Waals surface area contributed by atoms with Crippen molar-refractivity contribution in [3.63, 3.8) is 0 Å². The van der Waals surface area contributed by atoms with Gasteiger partial charge in [-0.05, 0) is 40.2 Å². The van der Waals surface area contributed by atoms with Crippen LogP contribution in [0.5, 0.6) is 0 Å². The van der Waals surface area contributed by atoms with Crippen molar-refractivity contribution in [2.75, 3.05) is 40.6 Å². The molecule has 1 aromatic heterocycles. The summed E-state index contributed by atoms with van der Waals surface area (Å²) in [6.07, 6.45) is 2.36. The number of hydrogen-bond donors (Lipinski definition) is 3. The number of hydrogen-bond acceptors (Lipinski definition) is 9. The number of imidazole rings is 1. The molecule has 1 aliphatic heterocycles. The zero-order valence-corrected chi connectivity index (χ0v) is 24.0. The van der Waals surface area contributed by atoms with Crippen molar-refractivity contribution < 1.29 is 29.3 Å². The van der Waals surface area contributed by atoms with Gasteiger partial charge in [-0.15, -0.1) is 6.58 Å². The summed E-state index contributed by atoms with van der Waals surface area (Å²) in [7, 11) is 3.49. The third kappa shape index (κ3) is 10.5. The summed E-state index contributed by atoms with van der Waals surface area (Å²) in [4.78, 5) is 44.4. The Morgan fingerprint density at radius 1 is 1.29 bits per heavy atom. The lowest BCUT2D eigenvalue weighted by Gasteiger charge is -2.19. The van der Waals surface area contributed by atoms with E-state index in [1.807, 2.05) is 41.7 Å². The number of rotatable bonds is 12. The fourth-order valence-corrected chi connectivity index (χ4v) is 3.69. The third-order valence-corrected chi connectivity index (χ3v) is 5.30. The number of ether oxygens (including phenoxy) is 2.